The summed E-state index contributed by atoms with van der Waals surface area (Å²) in [5, 5.41) is 9.12. The fourth-order valence-electron chi connectivity index (χ4n) is 1.41. The van der Waals surface area contributed by atoms with Crippen LogP contribution in [0.15, 0.2) is 18.5 Å². The number of hydrogen-bond acceptors (Lipinski definition) is 4. The third-order valence-corrected chi connectivity index (χ3v) is 2.34. The second-order valence-electron chi connectivity index (χ2n) is 4.09. The Morgan fingerprint density at radius 1 is 1.11 bits per heavy atom. The Balaban J connectivity index is 2.39. The predicted octanol–water partition coefficient (Wildman–Crippen LogP) is 1.84. The van der Waals surface area contributed by atoms with Crippen molar-refractivity contribution in [2.45, 2.75) is 26.7 Å². The average Bonchev–Trinajstić information content (AvgIpc) is 2.41. The van der Waals surface area contributed by atoms with E-state index in [2.05, 4.69) is 27.9 Å². The van der Waals surface area contributed by atoms with Crippen molar-refractivity contribution >= 4 is 17.3 Å². The number of carbonyl (C=O) groups excluding carboxylic acids is 1. The lowest BCUT2D eigenvalue weighted by Crippen LogP contribution is -2.30. The normalized spacial score (nSPS) is 9.89. The fraction of sp³-hybridized carbons (Fsp3) is 0.538. The molecule has 0 unspecified atom stereocenters. The smallest absolute Gasteiger partial charge is 0.239 e. The molecule has 3 N–H and O–H groups in total. The maximum Gasteiger partial charge on any atom is 0.239 e. The molecule has 1 rings (SSSR count). The minimum absolute atomic E-state index is 0.00349. The summed E-state index contributed by atoms with van der Waals surface area (Å²) in [6.07, 6.45) is 5.50. The zero-order valence-corrected chi connectivity index (χ0v) is 11.1. The third kappa shape index (κ3) is 5.52. The number of anilines is 2. The summed E-state index contributed by atoms with van der Waals surface area (Å²) < 4.78 is 0. The van der Waals surface area contributed by atoms with Crippen molar-refractivity contribution in [3.8, 4) is 0 Å². The molecular weight excluding hydrogens is 228 g/mol. The van der Waals surface area contributed by atoms with E-state index in [9.17, 15) is 4.79 Å². The maximum absolute atomic E-state index is 11.4. The van der Waals surface area contributed by atoms with Crippen molar-refractivity contribution in [3.05, 3.63) is 18.5 Å². The molecule has 5 heteroatoms. The molecule has 0 bridgehead atoms. The van der Waals surface area contributed by atoms with E-state index in [1.807, 2.05) is 13.0 Å². The Morgan fingerprint density at radius 3 is 2.44 bits per heavy atom. The highest BCUT2D eigenvalue weighted by Gasteiger charge is 2.00. The van der Waals surface area contributed by atoms with Crippen LogP contribution in [0.1, 0.15) is 26.7 Å². The zero-order valence-electron chi connectivity index (χ0n) is 11.1. The predicted molar refractivity (Wildman–Crippen MR) is 74.8 cm³/mol. The number of rotatable bonds is 8. The summed E-state index contributed by atoms with van der Waals surface area (Å²) in [7, 11) is 0. The van der Waals surface area contributed by atoms with Crippen molar-refractivity contribution in [1.29, 1.82) is 0 Å². The minimum Gasteiger partial charge on any atom is -0.384 e. The van der Waals surface area contributed by atoms with Gasteiger partial charge in [0, 0.05) is 13.1 Å². The molecule has 0 saturated carbocycles. The molecular formula is C13H22N4O. The Bertz CT molecular complexity index is 368. The highest BCUT2D eigenvalue weighted by molar-refractivity contribution is 5.80. The third-order valence-electron chi connectivity index (χ3n) is 2.34. The van der Waals surface area contributed by atoms with Crippen LogP contribution in [0.4, 0.5) is 11.4 Å². The lowest BCUT2D eigenvalue weighted by molar-refractivity contribution is -0.119. The highest BCUT2D eigenvalue weighted by atomic mass is 16.1. The molecule has 0 aromatic carbocycles. The Hall–Kier alpha value is -1.78. The Morgan fingerprint density at radius 2 is 1.78 bits per heavy atom. The highest BCUT2D eigenvalue weighted by Crippen LogP contribution is 2.12. The average molecular weight is 250 g/mol. The topological polar surface area (TPSA) is 66.0 Å². The van der Waals surface area contributed by atoms with E-state index in [0.29, 0.717) is 0 Å². The number of aromatic nitrogens is 1. The van der Waals surface area contributed by atoms with Crippen molar-refractivity contribution in [2.24, 2.45) is 0 Å². The first kappa shape index (κ1) is 14.3. The van der Waals surface area contributed by atoms with Crippen molar-refractivity contribution in [2.75, 3.05) is 30.3 Å². The molecule has 0 atom stereocenters. The summed E-state index contributed by atoms with van der Waals surface area (Å²) in [5.41, 5.74) is 1.82. The van der Waals surface area contributed by atoms with Crippen molar-refractivity contribution in [1.82, 2.24) is 10.3 Å². The summed E-state index contributed by atoms with van der Waals surface area (Å²) in [5.74, 6) is 0.00349. The van der Waals surface area contributed by atoms with E-state index >= 15 is 0 Å². The molecule has 1 heterocycles. The molecule has 0 aliphatic heterocycles. The molecule has 0 aliphatic carbocycles. The van der Waals surface area contributed by atoms with Gasteiger partial charge in [-0.3, -0.25) is 9.78 Å². The fourth-order valence-corrected chi connectivity index (χ4v) is 1.41. The molecule has 0 aliphatic rings. The Labute approximate surface area is 108 Å². The molecule has 100 valence electrons. The summed E-state index contributed by atoms with van der Waals surface area (Å²) in [6, 6.07) is 1.95. The van der Waals surface area contributed by atoms with Crippen LogP contribution in [0.3, 0.4) is 0 Å². The SMILES string of the molecule is CCCNC(=O)CNc1cncc(NCCC)c1. The number of carbonyl (C=O) groups is 1. The number of pyridine rings is 1. The van der Waals surface area contributed by atoms with Crippen molar-refractivity contribution in [3.63, 3.8) is 0 Å². The van der Waals surface area contributed by atoms with Gasteiger partial charge in [0.2, 0.25) is 5.91 Å². The van der Waals surface area contributed by atoms with Crippen LogP contribution in [0.2, 0.25) is 0 Å². The maximum atomic E-state index is 11.4. The second-order valence-corrected chi connectivity index (χ2v) is 4.09. The van der Waals surface area contributed by atoms with Crippen LogP contribution in [0.25, 0.3) is 0 Å². The quantitative estimate of drug-likeness (QED) is 0.658. The molecule has 0 fully saturated rings. The van der Waals surface area contributed by atoms with Gasteiger partial charge in [-0.15, -0.1) is 0 Å². The van der Waals surface area contributed by atoms with E-state index < -0.39 is 0 Å². The van der Waals surface area contributed by atoms with Gasteiger partial charge in [-0.2, -0.15) is 0 Å². The summed E-state index contributed by atoms with van der Waals surface area (Å²) in [6.45, 7) is 6.05. The van der Waals surface area contributed by atoms with Gasteiger partial charge in [-0.1, -0.05) is 13.8 Å². The summed E-state index contributed by atoms with van der Waals surface area (Å²) >= 11 is 0. The first-order chi connectivity index (χ1) is 8.76. The van der Waals surface area contributed by atoms with E-state index in [1.165, 1.54) is 0 Å². The van der Waals surface area contributed by atoms with Gasteiger partial charge in [-0.25, -0.2) is 0 Å². The van der Waals surface area contributed by atoms with E-state index in [0.717, 1.165) is 37.3 Å². The monoisotopic (exact) mass is 250 g/mol. The summed E-state index contributed by atoms with van der Waals surface area (Å²) in [4.78, 5) is 15.5. The first-order valence-corrected chi connectivity index (χ1v) is 6.45. The molecule has 1 amide bonds. The van der Waals surface area contributed by atoms with Gasteiger partial charge >= 0.3 is 0 Å². The molecule has 18 heavy (non-hydrogen) atoms. The van der Waals surface area contributed by atoms with Crippen LogP contribution in [-0.4, -0.2) is 30.5 Å². The van der Waals surface area contributed by atoms with E-state index in [-0.39, 0.29) is 12.5 Å². The van der Waals surface area contributed by atoms with E-state index in [4.69, 9.17) is 0 Å². The van der Waals surface area contributed by atoms with Crippen LogP contribution in [-0.2, 0) is 4.79 Å². The largest absolute Gasteiger partial charge is 0.384 e. The molecule has 1 aromatic rings. The van der Waals surface area contributed by atoms with Gasteiger partial charge in [-0.05, 0) is 18.9 Å². The van der Waals surface area contributed by atoms with Gasteiger partial charge in [0.1, 0.15) is 0 Å². The molecule has 1 aromatic heterocycles. The minimum atomic E-state index is 0.00349. The van der Waals surface area contributed by atoms with Gasteiger partial charge in [0.25, 0.3) is 0 Å². The second kappa shape index (κ2) is 8.33. The lowest BCUT2D eigenvalue weighted by atomic mass is 10.3. The first-order valence-electron chi connectivity index (χ1n) is 6.45. The van der Waals surface area contributed by atoms with Gasteiger partial charge < -0.3 is 16.0 Å². The van der Waals surface area contributed by atoms with Crippen LogP contribution in [0, 0.1) is 0 Å². The van der Waals surface area contributed by atoms with Gasteiger partial charge in [0.05, 0.1) is 30.3 Å². The van der Waals surface area contributed by atoms with E-state index in [1.54, 1.807) is 12.4 Å². The lowest BCUT2D eigenvalue weighted by Gasteiger charge is -2.09. The number of hydrogen-bond donors (Lipinski definition) is 3. The molecule has 0 radical (unpaired) electrons. The molecule has 0 saturated heterocycles. The van der Waals surface area contributed by atoms with Crippen LogP contribution >= 0.6 is 0 Å². The molecule has 0 spiro atoms. The standard InChI is InChI=1S/C13H22N4O/c1-3-5-15-11-7-12(9-14-8-11)17-10-13(18)16-6-4-2/h7-9,15,17H,3-6,10H2,1-2H3,(H,16,18). The van der Waals surface area contributed by atoms with Gasteiger partial charge in [0.15, 0.2) is 0 Å². The zero-order chi connectivity index (χ0) is 13.2. The van der Waals surface area contributed by atoms with Crippen LogP contribution < -0.4 is 16.0 Å². The molecule has 5 nitrogen and oxygen atoms in total. The number of nitrogens with zero attached hydrogens (tertiary/aromatic N) is 1. The Kier molecular flexibility index (Phi) is 6.61. The number of nitrogens with one attached hydrogen (secondary N) is 3. The van der Waals surface area contributed by atoms with Crippen molar-refractivity contribution < 1.29 is 4.79 Å². The number of amides is 1. The van der Waals surface area contributed by atoms with Crippen LogP contribution in [0.5, 0.6) is 0 Å².